The molecule has 11 heteroatoms. The van der Waals surface area contributed by atoms with Gasteiger partial charge in [0.05, 0.1) is 18.7 Å². The number of hydrogen-bond donors (Lipinski definition) is 2. The second-order valence-electron chi connectivity index (χ2n) is 11.9. The second kappa shape index (κ2) is 13.9. The van der Waals surface area contributed by atoms with Crippen molar-refractivity contribution in [2.75, 3.05) is 32.7 Å². The maximum absolute atomic E-state index is 13.9. The van der Waals surface area contributed by atoms with Gasteiger partial charge in [0.2, 0.25) is 11.8 Å². The number of nitrogens with one attached hydrogen (secondary N) is 2. The van der Waals surface area contributed by atoms with Crippen LogP contribution in [0.5, 0.6) is 0 Å². The largest absolute Gasteiger partial charge is 0.416 e. The van der Waals surface area contributed by atoms with Crippen molar-refractivity contribution in [2.45, 2.75) is 70.3 Å². The van der Waals surface area contributed by atoms with Crippen molar-refractivity contribution in [3.63, 3.8) is 0 Å². The molecule has 2 N–H and O–H groups in total. The maximum atomic E-state index is 13.9. The van der Waals surface area contributed by atoms with Crippen molar-refractivity contribution in [1.82, 2.24) is 25.0 Å². The van der Waals surface area contributed by atoms with Crippen LogP contribution in [0.1, 0.15) is 55.7 Å². The summed E-state index contributed by atoms with van der Waals surface area (Å²) in [5.74, 6) is -1.82. The van der Waals surface area contributed by atoms with Crippen LogP contribution in [0, 0.1) is 0 Å². The van der Waals surface area contributed by atoms with Gasteiger partial charge in [0.1, 0.15) is 6.04 Å². The lowest BCUT2D eigenvalue weighted by molar-refractivity contribution is -0.148. The molecule has 3 heterocycles. The van der Waals surface area contributed by atoms with E-state index >= 15 is 0 Å². The minimum atomic E-state index is -4.65. The number of carbonyl (C=O) groups is 3. The van der Waals surface area contributed by atoms with Crippen molar-refractivity contribution in [3.8, 4) is 0 Å². The molecule has 1 aromatic heterocycles. The molecule has 0 saturated carbocycles. The van der Waals surface area contributed by atoms with E-state index in [9.17, 15) is 27.6 Å². The predicted octanol–water partition coefficient (Wildman–Crippen LogP) is 4.74. The molecule has 2 aromatic carbocycles. The number of nitrogens with zero attached hydrogens (tertiary/aromatic N) is 3. The Bertz CT molecular complexity index is 1460. The van der Waals surface area contributed by atoms with Gasteiger partial charge in [-0.25, -0.2) is 0 Å². The molecule has 2 fully saturated rings. The first-order valence-electron chi connectivity index (χ1n) is 15.4. The molecule has 3 amide bonds. The summed E-state index contributed by atoms with van der Waals surface area (Å²) in [5.41, 5.74) is 0.487. The zero-order valence-electron chi connectivity index (χ0n) is 25.0. The molecule has 0 aliphatic carbocycles. The van der Waals surface area contributed by atoms with Crippen molar-refractivity contribution < 1.29 is 27.6 Å². The standard InChI is InChI=1S/C33H40F3N5O3/c1-23(42)41(21-24-9-3-5-11-28(24)33(34,35)36)32(44)30(19-25-20-37-29-12-6-4-10-27(25)29)38-31(43)22-39-17-13-26(14-18-39)40-15-7-2-8-16-40/h3-6,9-12,20,26,30,37H,2,7-8,13-19,21-22H2,1H3,(H,38,43). The summed E-state index contributed by atoms with van der Waals surface area (Å²) in [6.45, 7) is 4.47. The Kier molecular flexibility index (Phi) is 10.1. The minimum absolute atomic E-state index is 0.0658. The van der Waals surface area contributed by atoms with Gasteiger partial charge in [-0.05, 0) is 62.0 Å². The average molecular weight is 612 g/mol. The SMILES string of the molecule is CC(=O)N(Cc1ccccc1C(F)(F)F)C(=O)C(Cc1c[nH]c2ccccc12)NC(=O)CN1CCC(N2CCCCC2)CC1. The van der Waals surface area contributed by atoms with Crippen LogP contribution in [0.25, 0.3) is 10.9 Å². The van der Waals surface area contributed by atoms with Crippen molar-refractivity contribution in [2.24, 2.45) is 0 Å². The van der Waals surface area contributed by atoms with E-state index in [1.165, 1.54) is 37.5 Å². The van der Waals surface area contributed by atoms with E-state index in [1.807, 2.05) is 24.3 Å². The number of piperidine rings is 2. The highest BCUT2D eigenvalue weighted by atomic mass is 19.4. The molecule has 5 rings (SSSR count). The molecule has 44 heavy (non-hydrogen) atoms. The van der Waals surface area contributed by atoms with Gasteiger partial charge < -0.3 is 15.2 Å². The molecule has 0 radical (unpaired) electrons. The Morgan fingerprint density at radius 3 is 2.34 bits per heavy atom. The van der Waals surface area contributed by atoms with Crippen molar-refractivity contribution in [1.29, 1.82) is 0 Å². The van der Waals surface area contributed by atoms with Crippen LogP contribution in [0.2, 0.25) is 0 Å². The van der Waals surface area contributed by atoms with Crippen LogP contribution in [0.15, 0.2) is 54.7 Å². The van der Waals surface area contributed by atoms with E-state index in [0.717, 1.165) is 73.4 Å². The third-order valence-electron chi connectivity index (χ3n) is 8.86. The summed E-state index contributed by atoms with van der Waals surface area (Å²) in [6.07, 6.45) is 2.85. The fraction of sp³-hybridized carbons (Fsp3) is 0.485. The first-order chi connectivity index (χ1) is 21.1. The summed E-state index contributed by atoms with van der Waals surface area (Å²) >= 11 is 0. The molecule has 2 saturated heterocycles. The van der Waals surface area contributed by atoms with Crippen LogP contribution in [-0.2, 0) is 33.5 Å². The van der Waals surface area contributed by atoms with E-state index in [-0.39, 0.29) is 24.4 Å². The van der Waals surface area contributed by atoms with E-state index in [2.05, 4.69) is 20.1 Å². The van der Waals surface area contributed by atoms with Crippen molar-refractivity contribution in [3.05, 3.63) is 71.4 Å². The predicted molar refractivity (Wildman–Crippen MR) is 161 cm³/mol. The highest BCUT2D eigenvalue weighted by Crippen LogP contribution is 2.32. The number of para-hydroxylation sites is 1. The molecule has 8 nitrogen and oxygen atoms in total. The van der Waals surface area contributed by atoms with Crippen molar-refractivity contribution >= 4 is 28.6 Å². The molecule has 2 aliphatic rings. The summed E-state index contributed by atoms with van der Waals surface area (Å²) in [4.78, 5) is 48.6. The van der Waals surface area contributed by atoms with Gasteiger partial charge in [0.25, 0.3) is 5.91 Å². The number of likely N-dealkylation sites (tertiary alicyclic amines) is 2. The Hall–Kier alpha value is -3.70. The smallest absolute Gasteiger partial charge is 0.361 e. The monoisotopic (exact) mass is 611 g/mol. The third-order valence-corrected chi connectivity index (χ3v) is 8.86. The minimum Gasteiger partial charge on any atom is -0.361 e. The Labute approximate surface area is 255 Å². The summed E-state index contributed by atoms with van der Waals surface area (Å²) < 4.78 is 41.2. The molecular weight excluding hydrogens is 571 g/mol. The number of imide groups is 1. The van der Waals surface area contributed by atoms with Gasteiger partial charge in [-0.1, -0.05) is 42.8 Å². The molecule has 0 spiro atoms. The van der Waals surface area contributed by atoms with E-state index in [4.69, 9.17) is 0 Å². The third kappa shape index (κ3) is 7.68. The van der Waals surface area contributed by atoms with E-state index in [1.54, 1.807) is 6.20 Å². The number of carbonyl (C=O) groups excluding carboxylic acids is 3. The molecule has 3 aromatic rings. The first kappa shape index (κ1) is 31.7. The van der Waals surface area contributed by atoms with Gasteiger partial charge in [-0.15, -0.1) is 0 Å². The number of alkyl halides is 3. The van der Waals surface area contributed by atoms with Gasteiger partial charge in [-0.3, -0.25) is 24.2 Å². The molecule has 236 valence electrons. The zero-order valence-corrected chi connectivity index (χ0v) is 25.0. The number of fused-ring (bicyclic) bond motifs is 1. The number of rotatable bonds is 9. The maximum Gasteiger partial charge on any atom is 0.416 e. The molecule has 0 bridgehead atoms. The van der Waals surface area contributed by atoms with E-state index in [0.29, 0.717) is 6.04 Å². The number of aromatic nitrogens is 1. The first-order valence-corrected chi connectivity index (χ1v) is 15.4. The zero-order chi connectivity index (χ0) is 31.3. The number of benzene rings is 2. The fourth-order valence-electron chi connectivity index (χ4n) is 6.53. The number of aromatic amines is 1. The lowest BCUT2D eigenvalue weighted by Gasteiger charge is -2.40. The topological polar surface area (TPSA) is 88.8 Å². The van der Waals surface area contributed by atoms with Gasteiger partial charge >= 0.3 is 6.18 Å². The Balaban J connectivity index is 1.32. The number of halogens is 3. The highest BCUT2D eigenvalue weighted by molar-refractivity contribution is 5.99. The normalized spacial score (nSPS) is 17.8. The Morgan fingerprint density at radius 1 is 0.955 bits per heavy atom. The molecule has 1 atom stereocenters. The quantitative estimate of drug-likeness (QED) is 0.365. The van der Waals surface area contributed by atoms with Crippen LogP contribution < -0.4 is 5.32 Å². The second-order valence-corrected chi connectivity index (χ2v) is 11.9. The van der Waals surface area contributed by atoms with Gasteiger partial charge in [0, 0.05) is 49.6 Å². The summed E-state index contributed by atoms with van der Waals surface area (Å²) in [6, 6.07) is 11.8. The number of amides is 3. The van der Waals surface area contributed by atoms with Crippen LogP contribution >= 0.6 is 0 Å². The Morgan fingerprint density at radius 2 is 1.64 bits per heavy atom. The van der Waals surface area contributed by atoms with Crippen LogP contribution in [0.4, 0.5) is 13.2 Å². The number of H-pyrrole nitrogens is 1. The summed E-state index contributed by atoms with van der Waals surface area (Å²) in [5, 5.41) is 3.69. The van der Waals surface area contributed by atoms with Gasteiger partial charge in [0.15, 0.2) is 0 Å². The van der Waals surface area contributed by atoms with Crippen LogP contribution in [-0.4, -0.2) is 82.2 Å². The molecule has 2 aliphatic heterocycles. The lowest BCUT2D eigenvalue weighted by atomic mass is 10.00. The number of hydrogen-bond acceptors (Lipinski definition) is 5. The van der Waals surface area contributed by atoms with Gasteiger partial charge in [-0.2, -0.15) is 13.2 Å². The average Bonchev–Trinajstić information content (AvgIpc) is 3.42. The van der Waals surface area contributed by atoms with Crippen LogP contribution in [0.3, 0.4) is 0 Å². The molecular formula is C33H40F3N5O3. The molecule has 1 unspecified atom stereocenters. The highest BCUT2D eigenvalue weighted by Gasteiger charge is 2.36. The summed E-state index contributed by atoms with van der Waals surface area (Å²) in [7, 11) is 0. The van der Waals surface area contributed by atoms with E-state index < -0.39 is 36.1 Å². The lowest BCUT2D eigenvalue weighted by Crippen LogP contribution is -2.54. The fourth-order valence-corrected chi connectivity index (χ4v) is 6.53.